The summed E-state index contributed by atoms with van der Waals surface area (Å²) in [5.41, 5.74) is 0.948. The zero-order valence-electron chi connectivity index (χ0n) is 7.74. The van der Waals surface area contributed by atoms with Crippen LogP contribution in [0.1, 0.15) is 5.56 Å². The van der Waals surface area contributed by atoms with Crippen molar-refractivity contribution >= 4 is 18.0 Å². The average Bonchev–Trinajstić information content (AvgIpc) is 2.18. The summed E-state index contributed by atoms with van der Waals surface area (Å²) in [5.74, 6) is 0.782. The van der Waals surface area contributed by atoms with Gasteiger partial charge in [-0.1, -0.05) is 0 Å². The molecule has 2 nitrogen and oxygen atoms in total. The maximum absolute atomic E-state index is 10.4. The number of rotatable bonds is 4. The topological polar surface area (TPSA) is 26.3 Å². The lowest BCUT2D eigenvalue weighted by Gasteiger charge is -2.06. The summed E-state index contributed by atoms with van der Waals surface area (Å²) in [7, 11) is 1.61. The molecule has 0 bridgehead atoms. The van der Waals surface area contributed by atoms with Gasteiger partial charge < -0.3 is 9.53 Å². The van der Waals surface area contributed by atoms with Crippen molar-refractivity contribution in [3.8, 4) is 5.75 Å². The van der Waals surface area contributed by atoms with Crippen LogP contribution in [0.15, 0.2) is 23.1 Å². The molecular weight excluding hydrogens is 184 g/mol. The van der Waals surface area contributed by atoms with Crippen molar-refractivity contribution in [3.05, 3.63) is 23.8 Å². The molecule has 1 aromatic carbocycles. The molecule has 0 aliphatic heterocycles. The maximum atomic E-state index is 10.4. The van der Waals surface area contributed by atoms with E-state index in [2.05, 4.69) is 0 Å². The molecule has 0 aliphatic carbocycles. The van der Waals surface area contributed by atoms with Gasteiger partial charge in [-0.15, -0.1) is 11.8 Å². The number of hydrogen-bond acceptors (Lipinski definition) is 3. The van der Waals surface area contributed by atoms with Crippen LogP contribution in [0.2, 0.25) is 0 Å². The second kappa shape index (κ2) is 4.92. The minimum Gasteiger partial charge on any atom is -0.496 e. The van der Waals surface area contributed by atoms with Crippen LogP contribution in [-0.4, -0.2) is 19.7 Å². The van der Waals surface area contributed by atoms with Gasteiger partial charge in [-0.2, -0.15) is 0 Å². The minimum absolute atomic E-state index is 0.414. The monoisotopic (exact) mass is 196 g/mol. The zero-order chi connectivity index (χ0) is 9.68. The fourth-order valence-electron chi connectivity index (χ4n) is 1.13. The molecule has 1 rings (SSSR count). The quantitative estimate of drug-likeness (QED) is 0.545. The Morgan fingerprint density at radius 3 is 2.85 bits per heavy atom. The van der Waals surface area contributed by atoms with E-state index in [-0.39, 0.29) is 0 Å². The van der Waals surface area contributed by atoms with Crippen LogP contribution < -0.4 is 4.74 Å². The van der Waals surface area contributed by atoms with Gasteiger partial charge in [0.15, 0.2) is 0 Å². The molecule has 13 heavy (non-hydrogen) atoms. The first-order chi connectivity index (χ1) is 6.31. The van der Waals surface area contributed by atoms with Gasteiger partial charge in [-0.05, 0) is 24.5 Å². The summed E-state index contributed by atoms with van der Waals surface area (Å²) in [5, 5.41) is 0. The van der Waals surface area contributed by atoms with Gasteiger partial charge in [0.05, 0.1) is 7.11 Å². The lowest BCUT2D eigenvalue weighted by atomic mass is 10.1. The van der Waals surface area contributed by atoms with E-state index in [0.29, 0.717) is 6.42 Å². The average molecular weight is 196 g/mol. The Kier molecular flexibility index (Phi) is 3.83. The first-order valence-electron chi connectivity index (χ1n) is 3.96. The predicted octanol–water partition coefficient (Wildman–Crippen LogP) is 2.16. The third-order valence-electron chi connectivity index (χ3n) is 1.79. The maximum Gasteiger partial charge on any atom is 0.124 e. The molecule has 0 aliphatic rings. The third-order valence-corrected chi connectivity index (χ3v) is 2.52. The number of hydrogen-bond donors (Lipinski definition) is 0. The number of thioether (sulfide) groups is 1. The third kappa shape index (κ3) is 2.49. The Balaban J connectivity index is 3.01. The smallest absolute Gasteiger partial charge is 0.124 e. The first-order valence-corrected chi connectivity index (χ1v) is 5.19. The molecule has 0 fully saturated rings. The highest BCUT2D eigenvalue weighted by Gasteiger charge is 2.02. The lowest BCUT2D eigenvalue weighted by Crippen LogP contribution is -1.93. The lowest BCUT2D eigenvalue weighted by molar-refractivity contribution is -0.107. The molecule has 0 saturated heterocycles. The normalized spacial score (nSPS) is 9.69. The summed E-state index contributed by atoms with van der Waals surface area (Å²) >= 11 is 1.66. The summed E-state index contributed by atoms with van der Waals surface area (Å²) in [6.07, 6.45) is 3.31. The number of benzene rings is 1. The van der Waals surface area contributed by atoms with Crippen molar-refractivity contribution in [1.29, 1.82) is 0 Å². The number of ether oxygens (including phenoxy) is 1. The van der Waals surface area contributed by atoms with Crippen LogP contribution >= 0.6 is 11.8 Å². The molecule has 70 valence electrons. The van der Waals surface area contributed by atoms with Crippen LogP contribution in [0.25, 0.3) is 0 Å². The second-order valence-corrected chi connectivity index (χ2v) is 3.43. The van der Waals surface area contributed by atoms with Crippen molar-refractivity contribution in [3.63, 3.8) is 0 Å². The fraction of sp³-hybridized carbons (Fsp3) is 0.300. The highest BCUT2D eigenvalue weighted by Crippen LogP contribution is 2.24. The highest BCUT2D eigenvalue weighted by atomic mass is 32.2. The molecule has 0 radical (unpaired) electrons. The van der Waals surface area contributed by atoms with E-state index in [4.69, 9.17) is 4.74 Å². The molecule has 0 N–H and O–H groups in total. The summed E-state index contributed by atoms with van der Waals surface area (Å²) in [6, 6.07) is 5.86. The van der Waals surface area contributed by atoms with Gasteiger partial charge in [0.2, 0.25) is 0 Å². The van der Waals surface area contributed by atoms with Gasteiger partial charge >= 0.3 is 0 Å². The van der Waals surface area contributed by atoms with Crippen molar-refractivity contribution in [2.24, 2.45) is 0 Å². The van der Waals surface area contributed by atoms with E-state index < -0.39 is 0 Å². The van der Waals surface area contributed by atoms with E-state index in [9.17, 15) is 4.79 Å². The van der Waals surface area contributed by atoms with E-state index in [1.54, 1.807) is 18.9 Å². The summed E-state index contributed by atoms with van der Waals surface area (Å²) in [6.45, 7) is 0. The van der Waals surface area contributed by atoms with Crippen LogP contribution in [0.4, 0.5) is 0 Å². The molecule has 0 atom stereocenters. The van der Waals surface area contributed by atoms with E-state index >= 15 is 0 Å². The molecule has 0 spiro atoms. The molecule has 0 amide bonds. The van der Waals surface area contributed by atoms with Crippen LogP contribution in [-0.2, 0) is 11.2 Å². The van der Waals surface area contributed by atoms with E-state index in [0.717, 1.165) is 22.5 Å². The zero-order valence-corrected chi connectivity index (χ0v) is 8.56. The predicted molar refractivity (Wildman–Crippen MR) is 54.5 cm³/mol. The second-order valence-electron chi connectivity index (χ2n) is 2.55. The number of carbonyl (C=O) groups is 1. The van der Waals surface area contributed by atoms with Crippen molar-refractivity contribution in [2.45, 2.75) is 11.3 Å². The van der Waals surface area contributed by atoms with Gasteiger partial charge in [0.25, 0.3) is 0 Å². The van der Waals surface area contributed by atoms with Crippen LogP contribution in [0.5, 0.6) is 5.75 Å². The number of carbonyl (C=O) groups excluding carboxylic acids is 1. The van der Waals surface area contributed by atoms with Gasteiger partial charge in [0, 0.05) is 16.9 Å². The minimum atomic E-state index is 0.414. The fourth-order valence-corrected chi connectivity index (χ4v) is 1.60. The van der Waals surface area contributed by atoms with Gasteiger partial charge in [-0.3, -0.25) is 0 Å². The molecule has 0 unspecified atom stereocenters. The molecule has 1 aromatic rings. The Morgan fingerprint density at radius 2 is 2.31 bits per heavy atom. The van der Waals surface area contributed by atoms with Crippen LogP contribution in [0.3, 0.4) is 0 Å². The van der Waals surface area contributed by atoms with Gasteiger partial charge in [-0.25, -0.2) is 0 Å². The van der Waals surface area contributed by atoms with Crippen molar-refractivity contribution in [2.75, 3.05) is 13.4 Å². The van der Waals surface area contributed by atoms with Crippen LogP contribution in [0, 0.1) is 0 Å². The Labute approximate surface area is 82.3 Å². The Morgan fingerprint density at radius 1 is 1.54 bits per heavy atom. The van der Waals surface area contributed by atoms with Gasteiger partial charge in [0.1, 0.15) is 12.0 Å². The summed E-state index contributed by atoms with van der Waals surface area (Å²) in [4.78, 5) is 11.5. The molecule has 0 saturated carbocycles. The summed E-state index contributed by atoms with van der Waals surface area (Å²) < 4.78 is 5.13. The molecule has 0 aromatic heterocycles. The van der Waals surface area contributed by atoms with Crippen molar-refractivity contribution in [1.82, 2.24) is 0 Å². The molecule has 3 heteroatoms. The SMILES string of the molecule is COc1ccc(SC)cc1CC=O. The Bertz CT molecular complexity index is 297. The number of methoxy groups -OCH3 is 1. The Hall–Kier alpha value is -0.960. The largest absolute Gasteiger partial charge is 0.496 e. The van der Waals surface area contributed by atoms with Crippen molar-refractivity contribution < 1.29 is 9.53 Å². The van der Waals surface area contributed by atoms with E-state index in [1.807, 2.05) is 24.5 Å². The highest BCUT2D eigenvalue weighted by molar-refractivity contribution is 7.98. The molecule has 0 heterocycles. The molecular formula is C10H12O2S. The van der Waals surface area contributed by atoms with E-state index in [1.165, 1.54) is 0 Å². The first kappa shape index (κ1) is 10.1. The number of aldehydes is 1. The standard InChI is InChI=1S/C10H12O2S/c1-12-10-4-3-9(13-2)7-8(10)5-6-11/h3-4,6-7H,5H2,1-2H3.